The molecular weight excluding hydrogens is 482 g/mol. The van der Waals surface area contributed by atoms with Gasteiger partial charge in [0.25, 0.3) is 0 Å². The first-order chi connectivity index (χ1) is 17.5. The van der Waals surface area contributed by atoms with Crippen molar-refractivity contribution in [2.75, 3.05) is 18.5 Å². The second-order valence-electron chi connectivity index (χ2n) is 8.66. The molecule has 1 aliphatic heterocycles. The molecule has 1 saturated heterocycles. The number of benzene rings is 1. The Morgan fingerprint density at radius 2 is 2.03 bits per heavy atom. The molecule has 4 aromatic rings. The van der Waals surface area contributed by atoms with Gasteiger partial charge in [-0.05, 0) is 42.7 Å². The number of halogens is 1. The number of nitrogens with zero attached hydrogens (tertiary/aromatic N) is 3. The van der Waals surface area contributed by atoms with Gasteiger partial charge in [0.2, 0.25) is 0 Å². The second kappa shape index (κ2) is 10.5. The molecule has 1 aromatic carbocycles. The molecule has 0 bridgehead atoms. The summed E-state index contributed by atoms with van der Waals surface area (Å²) in [4.78, 5) is 41.8. The fraction of sp³-hybridized carbons (Fsp3) is 0.269. The molecule has 1 aliphatic rings. The largest absolute Gasteiger partial charge is 0.394 e. The van der Waals surface area contributed by atoms with Crippen molar-refractivity contribution < 1.29 is 19.4 Å². The van der Waals surface area contributed by atoms with Gasteiger partial charge in [0.15, 0.2) is 11.6 Å². The number of ketones is 2. The van der Waals surface area contributed by atoms with Gasteiger partial charge in [-0.2, -0.15) is 0 Å². The Hall–Kier alpha value is -3.66. The van der Waals surface area contributed by atoms with E-state index in [1.807, 2.05) is 0 Å². The average Bonchev–Trinajstić information content (AvgIpc) is 3.35. The fourth-order valence-corrected chi connectivity index (χ4v) is 4.60. The first-order valence-corrected chi connectivity index (χ1v) is 12.0. The normalized spacial score (nSPS) is 17.7. The maximum atomic E-state index is 13.5. The van der Waals surface area contributed by atoms with E-state index in [2.05, 4.69) is 25.3 Å². The molecule has 5 rings (SSSR count). The number of anilines is 1. The Morgan fingerprint density at radius 1 is 1.14 bits per heavy atom. The van der Waals surface area contributed by atoms with Crippen LogP contribution in [0.5, 0.6) is 0 Å². The average molecular weight is 506 g/mol. The molecule has 3 aromatic heterocycles. The molecule has 4 heterocycles. The topological polar surface area (TPSA) is 130 Å². The van der Waals surface area contributed by atoms with Gasteiger partial charge in [0.05, 0.1) is 41.3 Å². The Balaban J connectivity index is 1.38. The van der Waals surface area contributed by atoms with Crippen LogP contribution in [0.4, 0.5) is 5.82 Å². The predicted molar refractivity (Wildman–Crippen MR) is 135 cm³/mol. The minimum atomic E-state index is -0.285. The van der Waals surface area contributed by atoms with E-state index in [1.165, 1.54) is 6.33 Å². The lowest BCUT2D eigenvalue weighted by atomic mass is 9.99. The van der Waals surface area contributed by atoms with Crippen molar-refractivity contribution in [2.45, 2.75) is 31.4 Å². The molecular formula is C26H24ClN5O4. The van der Waals surface area contributed by atoms with E-state index in [9.17, 15) is 14.7 Å². The first kappa shape index (κ1) is 24.1. The molecule has 36 heavy (non-hydrogen) atoms. The molecule has 2 atom stereocenters. The number of aromatic amines is 1. The lowest BCUT2D eigenvalue weighted by Crippen LogP contribution is -2.36. The summed E-state index contributed by atoms with van der Waals surface area (Å²) in [5.41, 5.74) is 2.29. The number of aromatic nitrogens is 4. The van der Waals surface area contributed by atoms with Gasteiger partial charge in [-0.3, -0.25) is 14.6 Å². The number of ether oxygens (including phenoxy) is 1. The monoisotopic (exact) mass is 505 g/mol. The van der Waals surface area contributed by atoms with E-state index in [4.69, 9.17) is 16.3 Å². The third kappa shape index (κ3) is 4.99. The Morgan fingerprint density at radius 3 is 2.75 bits per heavy atom. The maximum Gasteiger partial charge on any atom is 0.196 e. The van der Waals surface area contributed by atoms with Crippen molar-refractivity contribution in [1.29, 1.82) is 0 Å². The van der Waals surface area contributed by atoms with Gasteiger partial charge in [-0.15, -0.1) is 0 Å². The number of fused-ring (bicyclic) bond motifs is 1. The quantitative estimate of drug-likeness (QED) is 0.309. The molecule has 1 fully saturated rings. The Bertz CT molecular complexity index is 1400. The van der Waals surface area contributed by atoms with Crippen molar-refractivity contribution in [3.05, 3.63) is 82.5 Å². The number of aliphatic hydroxyl groups excluding tert-OH is 1. The van der Waals surface area contributed by atoms with Gasteiger partial charge < -0.3 is 20.1 Å². The van der Waals surface area contributed by atoms with Crippen LogP contribution < -0.4 is 5.32 Å². The Labute approximate surface area is 211 Å². The summed E-state index contributed by atoms with van der Waals surface area (Å²) in [6.07, 6.45) is 6.10. The highest BCUT2D eigenvalue weighted by atomic mass is 35.5. The van der Waals surface area contributed by atoms with Crippen molar-refractivity contribution in [3.8, 4) is 0 Å². The number of hydrogen-bond acceptors (Lipinski definition) is 8. The number of aliphatic hydroxyl groups is 1. The van der Waals surface area contributed by atoms with Crippen LogP contribution in [0.15, 0.2) is 55.1 Å². The van der Waals surface area contributed by atoms with Crippen LogP contribution in [-0.4, -0.2) is 62.0 Å². The smallest absolute Gasteiger partial charge is 0.196 e. The zero-order valence-corrected chi connectivity index (χ0v) is 20.0. The van der Waals surface area contributed by atoms with E-state index < -0.39 is 0 Å². The van der Waals surface area contributed by atoms with Crippen LogP contribution >= 0.6 is 11.6 Å². The highest BCUT2D eigenvalue weighted by Crippen LogP contribution is 2.30. The van der Waals surface area contributed by atoms with Crippen LogP contribution in [0.1, 0.15) is 44.8 Å². The van der Waals surface area contributed by atoms with Crippen LogP contribution in [0.25, 0.3) is 11.0 Å². The van der Waals surface area contributed by atoms with Gasteiger partial charge in [-0.1, -0.05) is 23.7 Å². The van der Waals surface area contributed by atoms with Crippen LogP contribution in [-0.2, 0) is 11.2 Å². The van der Waals surface area contributed by atoms with E-state index in [-0.39, 0.29) is 41.8 Å². The highest BCUT2D eigenvalue weighted by molar-refractivity contribution is 6.35. The van der Waals surface area contributed by atoms with Crippen LogP contribution in [0, 0.1) is 0 Å². The molecule has 3 N–H and O–H groups in total. The number of rotatable bonds is 8. The third-order valence-electron chi connectivity index (χ3n) is 6.22. The summed E-state index contributed by atoms with van der Waals surface area (Å²) in [6, 6.07) is 10.2. The Kier molecular flexibility index (Phi) is 7.04. The van der Waals surface area contributed by atoms with Gasteiger partial charge >= 0.3 is 0 Å². The van der Waals surface area contributed by atoms with E-state index in [0.29, 0.717) is 45.8 Å². The number of hydrogen-bond donors (Lipinski definition) is 3. The summed E-state index contributed by atoms with van der Waals surface area (Å²) in [6.45, 7) is 0.423. The van der Waals surface area contributed by atoms with Crippen molar-refractivity contribution >= 4 is 40.0 Å². The fourth-order valence-electron chi connectivity index (χ4n) is 4.31. The zero-order chi connectivity index (χ0) is 25.1. The number of carbonyl (C=O) groups is 2. The number of nitrogens with one attached hydrogen (secondary N) is 2. The lowest BCUT2D eigenvalue weighted by molar-refractivity contribution is -0.0224. The van der Waals surface area contributed by atoms with Crippen molar-refractivity contribution in [1.82, 2.24) is 19.9 Å². The summed E-state index contributed by atoms with van der Waals surface area (Å²) >= 11 is 6.50. The van der Waals surface area contributed by atoms with E-state index >= 15 is 0 Å². The van der Waals surface area contributed by atoms with Gasteiger partial charge in [-0.25, -0.2) is 9.97 Å². The molecule has 2 unspecified atom stereocenters. The minimum absolute atomic E-state index is 0.00220. The predicted octanol–water partition coefficient (Wildman–Crippen LogP) is 3.61. The molecule has 0 radical (unpaired) electrons. The molecule has 9 nitrogen and oxygen atoms in total. The molecule has 184 valence electrons. The van der Waals surface area contributed by atoms with Crippen molar-refractivity contribution in [2.24, 2.45) is 0 Å². The molecule has 0 spiro atoms. The molecule has 0 amide bonds. The van der Waals surface area contributed by atoms with Crippen molar-refractivity contribution in [3.63, 3.8) is 0 Å². The number of pyridine rings is 1. The minimum Gasteiger partial charge on any atom is -0.394 e. The van der Waals surface area contributed by atoms with Crippen LogP contribution in [0.3, 0.4) is 0 Å². The van der Waals surface area contributed by atoms with E-state index in [0.717, 1.165) is 12.8 Å². The van der Waals surface area contributed by atoms with E-state index in [1.54, 1.807) is 48.8 Å². The molecule has 0 saturated carbocycles. The number of carbonyl (C=O) groups excluding carboxylic acids is 2. The van der Waals surface area contributed by atoms with Gasteiger partial charge in [0, 0.05) is 24.4 Å². The maximum absolute atomic E-state index is 13.5. The summed E-state index contributed by atoms with van der Waals surface area (Å²) in [5.74, 6) is 0.105. The van der Waals surface area contributed by atoms with Gasteiger partial charge in [0.1, 0.15) is 23.5 Å². The standard InChI is InChI=1S/C26H24ClN5O4/c27-20-9-15(10-22(34)21-3-1-2-8-28-21)4-7-18(20)24(35)19-11-29-25-23(19)26(31-14-30-25)32-16-5-6-17(12-33)36-13-16/h1-4,7-9,11,14,16-17,33H,5-6,10,12-13H2,(H2,29,30,31,32). The summed E-state index contributed by atoms with van der Waals surface area (Å²) in [7, 11) is 0. The number of Topliss-reactive ketones (excluding diaryl/α,β-unsaturated/α-hetero) is 1. The summed E-state index contributed by atoms with van der Waals surface area (Å²) < 4.78 is 5.66. The SMILES string of the molecule is O=C(Cc1ccc(C(=O)c2c[nH]c3ncnc(NC4CCC(CO)OC4)c23)c(Cl)c1)c1ccccn1. The molecule has 10 heteroatoms. The summed E-state index contributed by atoms with van der Waals surface area (Å²) in [5, 5.41) is 13.5. The first-order valence-electron chi connectivity index (χ1n) is 11.6. The second-order valence-corrected chi connectivity index (χ2v) is 9.07. The van der Waals surface area contributed by atoms with Crippen LogP contribution in [0.2, 0.25) is 5.02 Å². The molecule has 0 aliphatic carbocycles. The lowest BCUT2D eigenvalue weighted by Gasteiger charge is -2.29. The highest BCUT2D eigenvalue weighted by Gasteiger charge is 2.25. The number of H-pyrrole nitrogens is 1. The third-order valence-corrected chi connectivity index (χ3v) is 6.54. The zero-order valence-electron chi connectivity index (χ0n) is 19.3.